The number of thiazole rings is 1. The van der Waals surface area contributed by atoms with Crippen LogP contribution < -0.4 is 4.87 Å². The van der Waals surface area contributed by atoms with Gasteiger partial charge in [0.05, 0.1) is 17.6 Å². The second-order valence-corrected chi connectivity index (χ2v) is 7.23. The molecule has 0 amide bonds. The average molecular weight is 394 g/mol. The topological polar surface area (TPSA) is 74.3 Å². The minimum Gasteiger partial charge on any atom is -0.460 e. The Hall–Kier alpha value is -3.19. The molecule has 28 heavy (non-hydrogen) atoms. The number of carbonyl (C=O) groups is 1. The van der Waals surface area contributed by atoms with Crippen molar-refractivity contribution in [3.05, 3.63) is 74.5 Å². The minimum atomic E-state index is -0.455. The van der Waals surface area contributed by atoms with E-state index in [2.05, 4.69) is 4.98 Å². The Kier molecular flexibility index (Phi) is 4.83. The molecule has 0 aliphatic heterocycles. The fourth-order valence-corrected chi connectivity index (χ4v) is 3.79. The number of hydrogen-bond acceptors (Lipinski definition) is 6. The molecule has 0 saturated carbocycles. The van der Waals surface area contributed by atoms with Crippen molar-refractivity contribution in [2.75, 3.05) is 6.61 Å². The third-order valence-corrected chi connectivity index (χ3v) is 5.33. The molecule has 3 aromatic heterocycles. The van der Waals surface area contributed by atoms with Gasteiger partial charge in [-0.25, -0.2) is 9.78 Å². The van der Waals surface area contributed by atoms with Gasteiger partial charge in [-0.05, 0) is 38.1 Å². The fraction of sp³-hybridized carbons (Fsp3) is 0.190. The summed E-state index contributed by atoms with van der Waals surface area (Å²) >= 11 is 1.14. The first kappa shape index (κ1) is 18.2. The molecule has 0 aliphatic rings. The summed E-state index contributed by atoms with van der Waals surface area (Å²) in [5, 5.41) is 2.50. The van der Waals surface area contributed by atoms with E-state index in [1.165, 1.54) is 0 Å². The van der Waals surface area contributed by atoms with Crippen LogP contribution in [0.15, 0.2) is 57.1 Å². The molecule has 1 aromatic carbocycles. The van der Waals surface area contributed by atoms with Crippen molar-refractivity contribution >= 4 is 28.2 Å². The molecular weight excluding hydrogens is 376 g/mol. The highest BCUT2D eigenvalue weighted by molar-refractivity contribution is 7.07. The molecule has 0 aliphatic carbocycles. The molecular formula is C21H18N2O4S. The molecule has 0 bridgehead atoms. The summed E-state index contributed by atoms with van der Waals surface area (Å²) in [5.41, 5.74) is 2.54. The van der Waals surface area contributed by atoms with Crippen LogP contribution in [0.2, 0.25) is 0 Å². The van der Waals surface area contributed by atoms with Crippen molar-refractivity contribution in [3.8, 4) is 11.5 Å². The van der Waals surface area contributed by atoms with E-state index in [-0.39, 0.29) is 11.5 Å². The number of esters is 1. The molecule has 4 aromatic rings. The quantitative estimate of drug-likeness (QED) is 0.475. The number of hydrogen-bond donors (Lipinski definition) is 0. The number of rotatable bonds is 5. The van der Waals surface area contributed by atoms with Crippen LogP contribution in [0.5, 0.6) is 0 Å². The first-order valence-electron chi connectivity index (χ1n) is 8.81. The van der Waals surface area contributed by atoms with E-state index < -0.39 is 5.97 Å². The standard InChI is InChI=1S/C21H18N2O4S/c1-13-12-28-21(25)23(13)9-10-26-20(24)16-11-18(19-8-7-14(2)27-19)22-17-6-4-3-5-15(16)17/h3-8,11-12H,9-10H2,1-2H3. The zero-order valence-electron chi connectivity index (χ0n) is 15.5. The Morgan fingerprint density at radius 3 is 2.75 bits per heavy atom. The summed E-state index contributed by atoms with van der Waals surface area (Å²) in [7, 11) is 0. The van der Waals surface area contributed by atoms with Crippen LogP contribution in [0.1, 0.15) is 21.8 Å². The van der Waals surface area contributed by atoms with Crippen LogP contribution in [0.3, 0.4) is 0 Å². The Morgan fingerprint density at radius 2 is 2.04 bits per heavy atom. The highest BCUT2D eigenvalue weighted by atomic mass is 32.1. The van der Waals surface area contributed by atoms with E-state index in [0.717, 1.165) is 22.8 Å². The molecule has 0 unspecified atom stereocenters. The SMILES string of the molecule is Cc1ccc(-c2cc(C(=O)OCCn3c(C)csc3=O)c3ccccc3n2)o1. The Morgan fingerprint density at radius 1 is 1.21 bits per heavy atom. The average Bonchev–Trinajstić information content (AvgIpc) is 3.27. The van der Waals surface area contributed by atoms with Crippen LogP contribution in [-0.2, 0) is 11.3 Å². The first-order valence-corrected chi connectivity index (χ1v) is 9.69. The van der Waals surface area contributed by atoms with Gasteiger partial charge in [0.2, 0.25) is 0 Å². The van der Waals surface area contributed by atoms with Gasteiger partial charge in [-0.3, -0.25) is 9.36 Å². The van der Waals surface area contributed by atoms with Gasteiger partial charge in [0.1, 0.15) is 18.1 Å². The normalized spacial score (nSPS) is 11.1. The smallest absolute Gasteiger partial charge is 0.338 e. The lowest BCUT2D eigenvalue weighted by Gasteiger charge is -2.10. The van der Waals surface area contributed by atoms with Gasteiger partial charge >= 0.3 is 10.8 Å². The molecule has 0 radical (unpaired) electrons. The zero-order chi connectivity index (χ0) is 19.7. The van der Waals surface area contributed by atoms with Crippen molar-refractivity contribution in [1.82, 2.24) is 9.55 Å². The van der Waals surface area contributed by atoms with E-state index in [1.807, 2.05) is 50.2 Å². The molecule has 0 atom stereocenters. The van der Waals surface area contributed by atoms with E-state index in [4.69, 9.17) is 9.15 Å². The fourth-order valence-electron chi connectivity index (χ4n) is 3.02. The molecule has 142 valence electrons. The molecule has 0 saturated heterocycles. The third-order valence-electron chi connectivity index (χ3n) is 4.45. The highest BCUT2D eigenvalue weighted by Crippen LogP contribution is 2.26. The second kappa shape index (κ2) is 7.44. The number of pyridine rings is 1. The van der Waals surface area contributed by atoms with E-state index >= 15 is 0 Å². The summed E-state index contributed by atoms with van der Waals surface area (Å²) < 4.78 is 12.7. The van der Waals surface area contributed by atoms with Crippen LogP contribution in [0.4, 0.5) is 0 Å². The third kappa shape index (κ3) is 3.48. The van der Waals surface area contributed by atoms with Crippen LogP contribution >= 0.6 is 11.3 Å². The van der Waals surface area contributed by atoms with E-state index in [1.54, 1.807) is 16.0 Å². The van der Waals surface area contributed by atoms with Gasteiger partial charge in [0.15, 0.2) is 5.76 Å². The van der Waals surface area contributed by atoms with E-state index in [9.17, 15) is 9.59 Å². The molecule has 0 spiro atoms. The van der Waals surface area contributed by atoms with Gasteiger partial charge in [0.25, 0.3) is 0 Å². The van der Waals surface area contributed by atoms with Gasteiger partial charge in [-0.1, -0.05) is 29.5 Å². The van der Waals surface area contributed by atoms with Gasteiger partial charge in [-0.2, -0.15) is 0 Å². The first-order chi connectivity index (χ1) is 13.5. The lowest BCUT2D eigenvalue weighted by Crippen LogP contribution is -2.19. The maximum Gasteiger partial charge on any atom is 0.338 e. The molecule has 6 nitrogen and oxygen atoms in total. The van der Waals surface area contributed by atoms with Crippen LogP contribution in [0.25, 0.3) is 22.4 Å². The van der Waals surface area contributed by atoms with Crippen molar-refractivity contribution in [2.45, 2.75) is 20.4 Å². The van der Waals surface area contributed by atoms with Crippen LogP contribution in [-0.4, -0.2) is 22.1 Å². The number of benzene rings is 1. The number of aryl methyl sites for hydroxylation is 2. The number of nitrogens with zero attached hydrogens (tertiary/aromatic N) is 2. The van der Waals surface area contributed by atoms with Crippen molar-refractivity contribution in [1.29, 1.82) is 0 Å². The number of carbonyl (C=O) groups excluding carboxylic acids is 1. The monoisotopic (exact) mass is 394 g/mol. The summed E-state index contributed by atoms with van der Waals surface area (Å²) in [6, 6.07) is 12.8. The molecule has 3 heterocycles. The number of aromatic nitrogens is 2. The Bertz CT molecular complexity index is 1220. The Balaban J connectivity index is 1.63. The predicted molar refractivity (Wildman–Crippen MR) is 108 cm³/mol. The lowest BCUT2D eigenvalue weighted by molar-refractivity contribution is 0.0492. The molecule has 0 fully saturated rings. The van der Waals surface area contributed by atoms with Crippen molar-refractivity contribution < 1.29 is 13.9 Å². The van der Waals surface area contributed by atoms with Gasteiger partial charge in [-0.15, -0.1) is 0 Å². The maximum atomic E-state index is 12.8. The molecule has 7 heteroatoms. The number of furan rings is 1. The largest absolute Gasteiger partial charge is 0.460 e. The maximum absolute atomic E-state index is 12.8. The van der Waals surface area contributed by atoms with Crippen molar-refractivity contribution in [3.63, 3.8) is 0 Å². The van der Waals surface area contributed by atoms with Gasteiger partial charge in [0, 0.05) is 16.5 Å². The van der Waals surface area contributed by atoms with Crippen molar-refractivity contribution in [2.24, 2.45) is 0 Å². The summed E-state index contributed by atoms with van der Waals surface area (Å²) in [6.45, 7) is 4.15. The summed E-state index contributed by atoms with van der Waals surface area (Å²) in [5.74, 6) is 0.910. The predicted octanol–water partition coefficient (Wildman–Crippen LogP) is 4.19. The highest BCUT2D eigenvalue weighted by Gasteiger charge is 2.16. The number of ether oxygens (including phenoxy) is 1. The minimum absolute atomic E-state index is 0.0571. The van der Waals surface area contributed by atoms with Crippen LogP contribution in [0, 0.1) is 13.8 Å². The van der Waals surface area contributed by atoms with Gasteiger partial charge < -0.3 is 9.15 Å². The molecule has 4 rings (SSSR count). The second-order valence-electron chi connectivity index (χ2n) is 6.41. The number of para-hydroxylation sites is 1. The summed E-state index contributed by atoms with van der Waals surface area (Å²) in [4.78, 5) is 29.1. The lowest BCUT2D eigenvalue weighted by atomic mass is 10.1. The Labute approximate surface area is 165 Å². The molecule has 0 N–H and O–H groups in total. The zero-order valence-corrected chi connectivity index (χ0v) is 16.3. The number of fused-ring (bicyclic) bond motifs is 1. The summed E-state index contributed by atoms with van der Waals surface area (Å²) in [6.07, 6.45) is 0. The van der Waals surface area contributed by atoms with E-state index in [0.29, 0.717) is 34.5 Å².